The number of carbonyl (C=O) groups excluding carboxylic acids is 9. The molecular weight excluding hydrogens is 828 g/mol. The van der Waals surface area contributed by atoms with Crippen molar-refractivity contribution in [3.63, 3.8) is 0 Å². The van der Waals surface area contributed by atoms with Gasteiger partial charge in [-0.25, -0.2) is 4.79 Å². The maximum atomic E-state index is 13.0. The number of hydrogen-bond donors (Lipinski definition) is 1. The Balaban J connectivity index is 1.63. The Kier molecular flexibility index (Phi) is 18.7. The van der Waals surface area contributed by atoms with E-state index in [1.807, 2.05) is 0 Å². The highest BCUT2D eigenvalue weighted by Gasteiger charge is 2.55. The van der Waals surface area contributed by atoms with Crippen molar-refractivity contribution >= 4 is 53.8 Å². The minimum Gasteiger partial charge on any atom is -0.569 e. The zero-order chi connectivity index (χ0) is 45.6. The Bertz CT molecular complexity index is 1650. The van der Waals surface area contributed by atoms with E-state index in [2.05, 4.69) is 10.6 Å². The Morgan fingerprint density at radius 2 is 0.951 bits per heavy atom. The molecule has 342 valence electrons. The maximum Gasteiger partial charge on any atom is 0.407 e. The fraction of sp³-hybridized carbons (Fsp3) is 0.743. The monoisotopic (exact) mass is 878 g/mol. The summed E-state index contributed by atoms with van der Waals surface area (Å²) < 4.78 is 58.7. The first-order chi connectivity index (χ1) is 28.6. The fourth-order valence-electron chi connectivity index (χ4n) is 6.39. The highest BCUT2D eigenvalue weighted by Crippen LogP contribution is 2.32. The molecule has 10 atom stereocenters. The summed E-state index contributed by atoms with van der Waals surface area (Å²) in [5.74, 6) is -6.94. The third kappa shape index (κ3) is 15.8. The molecule has 3 aliphatic heterocycles. The number of nitrogens with zero attached hydrogens (tertiary/aromatic N) is 3. The molecule has 0 unspecified atom stereocenters. The fourth-order valence-corrected chi connectivity index (χ4v) is 6.39. The predicted octanol–water partition coefficient (Wildman–Crippen LogP) is -0.600. The van der Waals surface area contributed by atoms with E-state index in [1.165, 1.54) is 5.01 Å². The molecule has 26 heteroatoms. The molecule has 26 nitrogen and oxygen atoms in total. The quantitative estimate of drug-likeness (QED) is 0.0665. The number of hydrazine groups is 1. The van der Waals surface area contributed by atoms with Crippen LogP contribution in [-0.4, -0.2) is 158 Å². The van der Waals surface area contributed by atoms with Crippen molar-refractivity contribution in [2.75, 3.05) is 32.8 Å². The highest BCUT2D eigenvalue weighted by atomic mass is 16.8. The summed E-state index contributed by atoms with van der Waals surface area (Å²) in [4.78, 5) is 114. The minimum absolute atomic E-state index is 0.0729. The standard InChI is InChI=1S/C35H50N4O22/c1-16(40)50-14-25-27(52-17(2)41)30(55-20(5)44)32(57-22(7)46)34(60-25)61-37-39(49)38-11-9-24(10-12-38)13-36-35(48)51-15-26-28(53-18(3)42)29(54-19(4)43)31(56-21(6)45)33(59-26)58-23(8)47/h24-34H,9-15H2,1-8H3,(H,36,48)/b39-37-/t25-,26-,27+,28-,29+,30+,31-,32-,33-,34+/m1/s1. The summed E-state index contributed by atoms with van der Waals surface area (Å²) in [6.45, 7) is 7.55. The van der Waals surface area contributed by atoms with Crippen LogP contribution in [0.1, 0.15) is 68.2 Å². The Morgan fingerprint density at radius 3 is 1.39 bits per heavy atom. The van der Waals surface area contributed by atoms with Crippen molar-refractivity contribution in [2.45, 2.75) is 130 Å². The zero-order valence-corrected chi connectivity index (χ0v) is 34.6. The maximum absolute atomic E-state index is 13.0. The van der Waals surface area contributed by atoms with Crippen LogP contribution in [0.4, 0.5) is 4.79 Å². The molecule has 0 aliphatic carbocycles. The van der Waals surface area contributed by atoms with Gasteiger partial charge in [-0.15, -0.1) is 5.01 Å². The van der Waals surface area contributed by atoms with Crippen LogP contribution in [0, 0.1) is 11.1 Å². The number of carbonyl (C=O) groups is 9. The molecule has 3 saturated heterocycles. The first-order valence-corrected chi connectivity index (χ1v) is 18.8. The number of alkyl carbamates (subject to hydrolysis) is 1. The van der Waals surface area contributed by atoms with Crippen LogP contribution in [0.2, 0.25) is 0 Å². The summed E-state index contributed by atoms with van der Waals surface area (Å²) in [6, 6.07) is 0. The van der Waals surface area contributed by atoms with Gasteiger partial charge in [0.15, 0.2) is 24.4 Å². The molecule has 0 spiro atoms. The van der Waals surface area contributed by atoms with Gasteiger partial charge >= 0.3 is 53.8 Å². The van der Waals surface area contributed by atoms with Gasteiger partial charge in [0.2, 0.25) is 23.8 Å². The Morgan fingerprint density at radius 1 is 0.557 bits per heavy atom. The third-order valence-electron chi connectivity index (χ3n) is 8.70. The van der Waals surface area contributed by atoms with E-state index >= 15 is 0 Å². The van der Waals surface area contributed by atoms with E-state index in [4.69, 9.17) is 56.9 Å². The van der Waals surface area contributed by atoms with Crippen molar-refractivity contribution in [3.05, 3.63) is 5.21 Å². The molecule has 0 aromatic heterocycles. The smallest absolute Gasteiger partial charge is 0.407 e. The second kappa shape index (κ2) is 23.1. The van der Waals surface area contributed by atoms with E-state index in [1.54, 1.807) is 0 Å². The van der Waals surface area contributed by atoms with Gasteiger partial charge in [-0.2, -0.15) is 0 Å². The van der Waals surface area contributed by atoms with Crippen LogP contribution in [0.15, 0.2) is 5.28 Å². The normalized spacial score (nSPS) is 27.8. The van der Waals surface area contributed by atoms with Crippen molar-refractivity contribution in [2.24, 2.45) is 11.2 Å². The largest absolute Gasteiger partial charge is 0.569 e. The van der Waals surface area contributed by atoms with Crippen LogP contribution >= 0.6 is 0 Å². The molecule has 1 amide bonds. The molecule has 3 fully saturated rings. The summed E-state index contributed by atoms with van der Waals surface area (Å²) in [6.07, 6.45) is -15.5. The SMILES string of the molecule is CC(=O)OC[C@H]1O[C@@H](O/N=[N+](\[O-])N2CCC(CNC(=O)OC[C@H]3O[C@@H](OC(C)=O)[C@H](OC(C)=O)[C@@H](OC(C)=O)[C@@H]3OC(C)=O)CC2)[C@H](OC(C)=O)[C@@H](OC(C)=O)[C@H]1OC(C)=O. The Labute approximate surface area is 348 Å². The number of hydrogen-bond acceptors (Lipinski definition) is 23. The zero-order valence-electron chi connectivity index (χ0n) is 34.6. The predicted molar refractivity (Wildman–Crippen MR) is 190 cm³/mol. The number of nitrogens with one attached hydrogen (secondary N) is 1. The molecule has 61 heavy (non-hydrogen) atoms. The van der Waals surface area contributed by atoms with Crippen LogP contribution in [0.5, 0.6) is 0 Å². The van der Waals surface area contributed by atoms with Crippen LogP contribution < -0.4 is 5.32 Å². The summed E-state index contributed by atoms with van der Waals surface area (Å²) in [7, 11) is 0. The lowest BCUT2D eigenvalue weighted by Gasteiger charge is -2.43. The second-order valence-electron chi connectivity index (χ2n) is 13.8. The number of esters is 8. The van der Waals surface area contributed by atoms with Gasteiger partial charge in [0.05, 0.1) is 18.1 Å². The lowest BCUT2D eigenvalue weighted by atomic mass is 9.98. The molecule has 0 aromatic rings. The molecule has 0 radical (unpaired) electrons. The van der Waals surface area contributed by atoms with Crippen LogP contribution in [-0.2, 0) is 95.3 Å². The van der Waals surface area contributed by atoms with Gasteiger partial charge in [-0.1, -0.05) is 0 Å². The Hall–Kier alpha value is -6.05. The molecule has 0 aromatic carbocycles. The number of rotatable bonds is 16. The van der Waals surface area contributed by atoms with Gasteiger partial charge in [0.25, 0.3) is 6.29 Å². The molecule has 0 bridgehead atoms. The van der Waals surface area contributed by atoms with Crippen LogP contribution in [0.25, 0.3) is 0 Å². The first kappa shape index (κ1) is 49.3. The molecule has 3 aliphatic rings. The summed E-state index contributed by atoms with van der Waals surface area (Å²) >= 11 is 0. The van der Waals surface area contributed by atoms with Crippen molar-refractivity contribution in [3.8, 4) is 0 Å². The molecule has 3 rings (SSSR count). The average Bonchev–Trinajstić information content (AvgIpc) is 3.14. The van der Waals surface area contributed by atoms with E-state index in [-0.39, 0.29) is 30.5 Å². The summed E-state index contributed by atoms with van der Waals surface area (Å²) in [5, 5.41) is 20.4. The van der Waals surface area contributed by atoms with Gasteiger partial charge in [0, 0.05) is 61.9 Å². The van der Waals surface area contributed by atoms with Crippen LogP contribution in [0.3, 0.4) is 0 Å². The van der Waals surface area contributed by atoms with E-state index in [0.717, 1.165) is 55.4 Å². The van der Waals surface area contributed by atoms with Crippen molar-refractivity contribution in [1.82, 2.24) is 10.3 Å². The molecule has 0 saturated carbocycles. The summed E-state index contributed by atoms with van der Waals surface area (Å²) in [5.41, 5.74) is 0. The first-order valence-electron chi connectivity index (χ1n) is 18.8. The second-order valence-corrected chi connectivity index (χ2v) is 13.8. The van der Waals surface area contributed by atoms with Gasteiger partial charge in [-0.05, 0) is 18.8 Å². The van der Waals surface area contributed by atoms with Gasteiger partial charge in [0.1, 0.15) is 25.4 Å². The highest BCUT2D eigenvalue weighted by molar-refractivity contribution is 5.70. The van der Waals surface area contributed by atoms with E-state index in [0.29, 0.717) is 12.8 Å². The van der Waals surface area contributed by atoms with E-state index < -0.39 is 128 Å². The van der Waals surface area contributed by atoms with Crippen molar-refractivity contribution < 1.29 is 105 Å². The third-order valence-corrected chi connectivity index (χ3v) is 8.70. The molecule has 3 heterocycles. The number of amides is 1. The number of piperidine rings is 1. The lowest BCUT2D eigenvalue weighted by molar-refractivity contribution is -0.716. The number of ether oxygens (including phenoxy) is 11. The van der Waals surface area contributed by atoms with E-state index in [9.17, 15) is 48.4 Å². The topological polar surface area (TPSA) is 318 Å². The molecular formula is C35H50N4O22. The van der Waals surface area contributed by atoms with Crippen molar-refractivity contribution in [1.29, 1.82) is 0 Å². The minimum atomic E-state index is -1.73. The molecule has 1 N–H and O–H groups in total. The average molecular weight is 879 g/mol. The lowest BCUT2D eigenvalue weighted by Crippen LogP contribution is -2.63. The van der Waals surface area contributed by atoms with Gasteiger partial charge < -0.3 is 67.5 Å². The van der Waals surface area contributed by atoms with Gasteiger partial charge in [-0.3, -0.25) is 38.4 Å².